The largest absolute Gasteiger partial charge is 0.355 e. The second-order valence-corrected chi connectivity index (χ2v) is 4.79. The first-order chi connectivity index (χ1) is 7.36. The summed E-state index contributed by atoms with van der Waals surface area (Å²) in [6.45, 7) is 0.674. The Bertz CT molecular complexity index is 306. The summed E-state index contributed by atoms with van der Waals surface area (Å²) >= 11 is 1.86. The third kappa shape index (κ3) is 2.99. The summed E-state index contributed by atoms with van der Waals surface area (Å²) in [6.07, 6.45) is 5.32. The van der Waals surface area contributed by atoms with Gasteiger partial charge >= 0.3 is 0 Å². The summed E-state index contributed by atoms with van der Waals surface area (Å²) in [5.74, 6) is 3.46. The number of aromatic nitrogens is 2. The van der Waals surface area contributed by atoms with Gasteiger partial charge in [-0.15, -0.1) is 0 Å². The van der Waals surface area contributed by atoms with Gasteiger partial charge in [-0.2, -0.15) is 11.8 Å². The molecular formula is C10H15N3OS. The van der Waals surface area contributed by atoms with Crippen molar-refractivity contribution in [2.24, 2.45) is 5.92 Å². The Morgan fingerprint density at radius 3 is 3.33 bits per heavy atom. The molecule has 1 aliphatic heterocycles. The van der Waals surface area contributed by atoms with Gasteiger partial charge in [-0.05, 0) is 12.2 Å². The fraction of sp³-hybridized carbons (Fsp3) is 0.600. The zero-order valence-electron chi connectivity index (χ0n) is 8.53. The van der Waals surface area contributed by atoms with Gasteiger partial charge in [0.05, 0.1) is 0 Å². The number of hydrogen-bond donors (Lipinski definition) is 2. The Morgan fingerprint density at radius 2 is 2.67 bits per heavy atom. The number of imidazole rings is 1. The second kappa shape index (κ2) is 5.21. The minimum Gasteiger partial charge on any atom is -0.355 e. The molecule has 0 radical (unpaired) electrons. The summed E-state index contributed by atoms with van der Waals surface area (Å²) in [5.41, 5.74) is 0. The smallest absolute Gasteiger partial charge is 0.223 e. The molecule has 1 saturated heterocycles. The summed E-state index contributed by atoms with van der Waals surface area (Å²) in [6, 6.07) is 0. The van der Waals surface area contributed by atoms with Gasteiger partial charge in [-0.3, -0.25) is 4.79 Å². The maximum atomic E-state index is 11.6. The summed E-state index contributed by atoms with van der Waals surface area (Å²) in [7, 11) is 0. The maximum absolute atomic E-state index is 11.6. The number of rotatable bonds is 4. The van der Waals surface area contributed by atoms with Crippen LogP contribution >= 0.6 is 11.8 Å². The van der Waals surface area contributed by atoms with Crippen LogP contribution in [0.5, 0.6) is 0 Å². The number of nitrogens with zero attached hydrogens (tertiary/aromatic N) is 1. The lowest BCUT2D eigenvalue weighted by Crippen LogP contribution is -2.32. The van der Waals surface area contributed by atoms with E-state index in [-0.39, 0.29) is 11.8 Å². The third-order valence-electron chi connectivity index (χ3n) is 2.52. The maximum Gasteiger partial charge on any atom is 0.223 e. The van der Waals surface area contributed by atoms with E-state index in [1.807, 2.05) is 11.8 Å². The molecule has 2 rings (SSSR count). The molecule has 1 aromatic heterocycles. The quantitative estimate of drug-likeness (QED) is 0.797. The van der Waals surface area contributed by atoms with Gasteiger partial charge in [0.25, 0.3) is 0 Å². The van der Waals surface area contributed by atoms with Crippen molar-refractivity contribution >= 4 is 17.7 Å². The molecule has 1 atom stereocenters. The number of carbonyl (C=O) groups excluding carboxylic acids is 1. The molecule has 2 N–H and O–H groups in total. The van der Waals surface area contributed by atoms with E-state index in [9.17, 15) is 4.79 Å². The summed E-state index contributed by atoms with van der Waals surface area (Å²) in [5, 5.41) is 2.95. The van der Waals surface area contributed by atoms with E-state index in [1.54, 1.807) is 12.4 Å². The van der Waals surface area contributed by atoms with E-state index in [4.69, 9.17) is 0 Å². The number of H-pyrrole nitrogens is 1. The summed E-state index contributed by atoms with van der Waals surface area (Å²) < 4.78 is 0. The standard InChI is InChI=1S/C10H15N3OS/c14-10(8-2-6-15-7-8)13-3-1-9-11-4-5-12-9/h4-5,8H,1-3,6-7H2,(H,11,12)(H,13,14). The monoisotopic (exact) mass is 225 g/mol. The molecule has 1 aromatic rings. The van der Waals surface area contributed by atoms with Crippen LogP contribution in [0, 0.1) is 5.92 Å². The normalized spacial score (nSPS) is 20.4. The molecule has 1 aliphatic rings. The van der Waals surface area contributed by atoms with Crippen molar-refractivity contribution < 1.29 is 4.79 Å². The Balaban J connectivity index is 1.67. The first kappa shape index (κ1) is 10.5. The fourth-order valence-electron chi connectivity index (χ4n) is 1.62. The zero-order chi connectivity index (χ0) is 10.5. The SMILES string of the molecule is O=C(NCCc1ncc[nH]1)C1CCSC1. The van der Waals surface area contributed by atoms with Gasteiger partial charge in [0.15, 0.2) is 0 Å². The molecule has 0 spiro atoms. The van der Waals surface area contributed by atoms with Crippen LogP contribution in [0.2, 0.25) is 0 Å². The van der Waals surface area contributed by atoms with Gasteiger partial charge in [0.2, 0.25) is 5.91 Å². The lowest BCUT2D eigenvalue weighted by molar-refractivity contribution is -0.124. The molecule has 5 heteroatoms. The lowest BCUT2D eigenvalue weighted by Gasteiger charge is -2.08. The number of thioether (sulfide) groups is 1. The molecule has 0 saturated carbocycles. The number of aromatic amines is 1. The van der Waals surface area contributed by atoms with Crippen LogP contribution in [0.4, 0.5) is 0 Å². The molecule has 1 unspecified atom stereocenters. The predicted octanol–water partition coefficient (Wildman–Crippen LogP) is 0.821. The van der Waals surface area contributed by atoms with Crippen molar-refractivity contribution in [2.75, 3.05) is 18.1 Å². The first-order valence-electron chi connectivity index (χ1n) is 5.20. The van der Waals surface area contributed by atoms with Crippen LogP contribution in [0.25, 0.3) is 0 Å². The topological polar surface area (TPSA) is 57.8 Å². The number of carbonyl (C=O) groups is 1. The Hall–Kier alpha value is -0.970. The Kier molecular flexibility index (Phi) is 3.66. The highest BCUT2D eigenvalue weighted by atomic mass is 32.2. The van der Waals surface area contributed by atoms with Crippen LogP contribution in [0.3, 0.4) is 0 Å². The Labute approximate surface area is 93.2 Å². The average molecular weight is 225 g/mol. The van der Waals surface area contributed by atoms with E-state index >= 15 is 0 Å². The van der Waals surface area contributed by atoms with Crippen molar-refractivity contribution in [1.29, 1.82) is 0 Å². The van der Waals surface area contributed by atoms with Crippen LogP contribution < -0.4 is 5.32 Å². The van der Waals surface area contributed by atoms with E-state index in [2.05, 4.69) is 15.3 Å². The van der Waals surface area contributed by atoms with Crippen LogP contribution in [0.1, 0.15) is 12.2 Å². The van der Waals surface area contributed by atoms with E-state index in [0.29, 0.717) is 6.54 Å². The van der Waals surface area contributed by atoms with Gasteiger partial charge < -0.3 is 10.3 Å². The second-order valence-electron chi connectivity index (χ2n) is 3.64. The van der Waals surface area contributed by atoms with Crippen molar-refractivity contribution in [3.63, 3.8) is 0 Å². The van der Waals surface area contributed by atoms with E-state index in [0.717, 1.165) is 30.2 Å². The van der Waals surface area contributed by atoms with Gasteiger partial charge in [-0.1, -0.05) is 0 Å². The fourth-order valence-corrected chi connectivity index (χ4v) is 2.84. The first-order valence-corrected chi connectivity index (χ1v) is 6.35. The molecular weight excluding hydrogens is 210 g/mol. The molecule has 4 nitrogen and oxygen atoms in total. The van der Waals surface area contributed by atoms with Gasteiger partial charge in [0.1, 0.15) is 5.82 Å². The molecule has 15 heavy (non-hydrogen) atoms. The number of amides is 1. The van der Waals surface area contributed by atoms with Crippen molar-refractivity contribution in [2.45, 2.75) is 12.8 Å². The molecule has 0 aromatic carbocycles. The highest BCUT2D eigenvalue weighted by Gasteiger charge is 2.22. The molecule has 0 bridgehead atoms. The van der Waals surface area contributed by atoms with Gasteiger partial charge in [-0.25, -0.2) is 4.98 Å². The molecule has 1 amide bonds. The summed E-state index contributed by atoms with van der Waals surface area (Å²) in [4.78, 5) is 18.7. The highest BCUT2D eigenvalue weighted by Crippen LogP contribution is 2.23. The minimum atomic E-state index is 0.201. The van der Waals surface area contributed by atoms with Gasteiger partial charge in [0, 0.05) is 37.0 Å². The van der Waals surface area contributed by atoms with Crippen molar-refractivity contribution in [3.05, 3.63) is 18.2 Å². The van der Waals surface area contributed by atoms with Crippen LogP contribution in [-0.2, 0) is 11.2 Å². The lowest BCUT2D eigenvalue weighted by atomic mass is 10.1. The van der Waals surface area contributed by atoms with Crippen molar-refractivity contribution in [3.8, 4) is 0 Å². The van der Waals surface area contributed by atoms with E-state index < -0.39 is 0 Å². The zero-order valence-corrected chi connectivity index (χ0v) is 9.35. The molecule has 2 heterocycles. The third-order valence-corrected chi connectivity index (χ3v) is 3.68. The predicted molar refractivity (Wildman–Crippen MR) is 60.7 cm³/mol. The van der Waals surface area contributed by atoms with E-state index in [1.165, 1.54) is 0 Å². The average Bonchev–Trinajstić information content (AvgIpc) is 2.90. The molecule has 82 valence electrons. The molecule has 1 fully saturated rings. The van der Waals surface area contributed by atoms with Crippen LogP contribution in [0.15, 0.2) is 12.4 Å². The van der Waals surface area contributed by atoms with Crippen LogP contribution in [-0.4, -0.2) is 33.9 Å². The minimum absolute atomic E-state index is 0.201. The highest BCUT2D eigenvalue weighted by molar-refractivity contribution is 7.99. The molecule has 0 aliphatic carbocycles. The number of nitrogens with one attached hydrogen (secondary N) is 2. The Morgan fingerprint density at radius 1 is 1.73 bits per heavy atom. The van der Waals surface area contributed by atoms with Crippen molar-refractivity contribution in [1.82, 2.24) is 15.3 Å². The number of hydrogen-bond acceptors (Lipinski definition) is 3.